The van der Waals surface area contributed by atoms with Crippen LogP contribution in [0.25, 0.3) is 0 Å². The molecule has 1 spiro atoms. The molecule has 5 aliphatic rings. The van der Waals surface area contributed by atoms with Crippen molar-refractivity contribution in [2.75, 3.05) is 6.54 Å². The zero-order valence-corrected chi connectivity index (χ0v) is 14.3. The second-order valence-electron chi connectivity index (χ2n) is 7.79. The fourth-order valence-corrected chi connectivity index (χ4v) is 4.93. The van der Waals surface area contributed by atoms with Crippen molar-refractivity contribution >= 4 is 5.97 Å². The second-order valence-corrected chi connectivity index (χ2v) is 7.79. The molecule has 0 radical (unpaired) electrons. The predicted octanol–water partition coefficient (Wildman–Crippen LogP) is 2.38. The molecule has 134 valence electrons. The molecule has 6 nitrogen and oxygen atoms in total. The molecular formula is C19H23NO5. The SMILES string of the molecule is C[C@]12CC[C@H]3N(Cc4ccccc4)CC[C@H]4CC(=O)O[C@H](O1)[C@]43OO2. The lowest BCUT2D eigenvalue weighted by Gasteiger charge is -2.57. The van der Waals surface area contributed by atoms with Gasteiger partial charge in [0.05, 0.1) is 6.42 Å². The molecule has 0 N–H and O–H groups in total. The summed E-state index contributed by atoms with van der Waals surface area (Å²) >= 11 is 0. The fraction of sp³-hybridized carbons (Fsp3) is 0.632. The number of piperidine rings is 1. The highest BCUT2D eigenvalue weighted by Crippen LogP contribution is 2.54. The van der Waals surface area contributed by atoms with E-state index in [1.54, 1.807) is 0 Å². The van der Waals surface area contributed by atoms with Gasteiger partial charge in [-0.05, 0) is 31.9 Å². The number of hydrogen-bond donors (Lipinski definition) is 0. The van der Waals surface area contributed by atoms with Crippen LogP contribution in [0.5, 0.6) is 0 Å². The Bertz CT molecular complexity index is 682. The van der Waals surface area contributed by atoms with E-state index in [1.807, 2.05) is 13.0 Å². The number of rotatable bonds is 2. The van der Waals surface area contributed by atoms with Crippen LogP contribution in [0, 0.1) is 5.92 Å². The quantitative estimate of drug-likeness (QED) is 0.606. The summed E-state index contributed by atoms with van der Waals surface area (Å²) in [5, 5.41) is 0. The highest BCUT2D eigenvalue weighted by atomic mass is 17.3. The molecule has 0 unspecified atom stereocenters. The topological polar surface area (TPSA) is 57.2 Å². The summed E-state index contributed by atoms with van der Waals surface area (Å²) in [5.41, 5.74) is 0.547. The molecule has 25 heavy (non-hydrogen) atoms. The maximum Gasteiger partial charge on any atom is 0.308 e. The Morgan fingerprint density at radius 2 is 2.04 bits per heavy atom. The lowest BCUT2D eigenvalue weighted by Crippen LogP contribution is -2.72. The third-order valence-corrected chi connectivity index (χ3v) is 6.20. The smallest absolute Gasteiger partial charge is 0.308 e. The van der Waals surface area contributed by atoms with Gasteiger partial charge in [0.1, 0.15) is 0 Å². The second kappa shape index (κ2) is 5.51. The normalized spacial score (nSPS) is 43.2. The van der Waals surface area contributed by atoms with Gasteiger partial charge in [0.15, 0.2) is 5.60 Å². The van der Waals surface area contributed by atoms with Crippen molar-refractivity contribution in [3.05, 3.63) is 35.9 Å². The lowest BCUT2D eigenvalue weighted by molar-refractivity contribution is -0.555. The Morgan fingerprint density at radius 1 is 1.20 bits per heavy atom. The summed E-state index contributed by atoms with van der Waals surface area (Å²) < 4.78 is 11.7. The molecule has 5 saturated heterocycles. The van der Waals surface area contributed by atoms with Gasteiger partial charge in [-0.1, -0.05) is 30.3 Å². The molecule has 1 aromatic carbocycles. The van der Waals surface area contributed by atoms with Gasteiger partial charge in [0.2, 0.25) is 12.1 Å². The van der Waals surface area contributed by atoms with E-state index in [-0.39, 0.29) is 17.9 Å². The lowest BCUT2D eigenvalue weighted by atomic mass is 9.70. The first kappa shape index (κ1) is 15.8. The highest BCUT2D eigenvalue weighted by molar-refractivity contribution is 5.71. The Hall–Kier alpha value is -1.47. The number of carbonyl (C=O) groups is 1. The minimum Gasteiger partial charge on any atom is -0.432 e. The molecule has 1 aromatic rings. The maximum absolute atomic E-state index is 12.1. The first-order valence-corrected chi connectivity index (χ1v) is 9.11. The van der Waals surface area contributed by atoms with Gasteiger partial charge in [0, 0.05) is 24.9 Å². The molecule has 0 aromatic heterocycles. The summed E-state index contributed by atoms with van der Waals surface area (Å²) in [4.78, 5) is 26.2. The van der Waals surface area contributed by atoms with Gasteiger partial charge in [-0.25, -0.2) is 9.78 Å². The summed E-state index contributed by atoms with van der Waals surface area (Å²) in [5.74, 6) is -0.984. The van der Waals surface area contributed by atoms with Crippen molar-refractivity contribution in [2.24, 2.45) is 5.92 Å². The van der Waals surface area contributed by atoms with E-state index in [9.17, 15) is 4.79 Å². The molecule has 0 amide bonds. The monoisotopic (exact) mass is 345 g/mol. The number of carbonyl (C=O) groups excluding carboxylic acids is 1. The number of benzene rings is 1. The number of nitrogens with zero attached hydrogens (tertiary/aromatic N) is 1. The van der Waals surface area contributed by atoms with E-state index in [2.05, 4.69) is 29.2 Å². The molecule has 6 heteroatoms. The van der Waals surface area contributed by atoms with Crippen molar-refractivity contribution in [3.63, 3.8) is 0 Å². The fourth-order valence-electron chi connectivity index (χ4n) is 4.93. The maximum atomic E-state index is 12.1. The summed E-state index contributed by atoms with van der Waals surface area (Å²) in [6.45, 7) is 3.64. The molecule has 0 aliphatic carbocycles. The van der Waals surface area contributed by atoms with Gasteiger partial charge >= 0.3 is 5.97 Å². The van der Waals surface area contributed by atoms with Crippen LogP contribution in [0.15, 0.2) is 30.3 Å². The average molecular weight is 345 g/mol. The van der Waals surface area contributed by atoms with Gasteiger partial charge < -0.3 is 9.47 Å². The van der Waals surface area contributed by atoms with Crippen LogP contribution in [0.3, 0.4) is 0 Å². The number of likely N-dealkylation sites (tertiary alicyclic amines) is 1. The molecule has 5 heterocycles. The van der Waals surface area contributed by atoms with Gasteiger partial charge in [-0.2, -0.15) is 0 Å². The molecule has 6 rings (SSSR count). The van der Waals surface area contributed by atoms with E-state index in [0.717, 1.165) is 25.9 Å². The number of ether oxygens (including phenoxy) is 2. The van der Waals surface area contributed by atoms with Crippen molar-refractivity contribution < 1.29 is 24.0 Å². The number of hydrogen-bond acceptors (Lipinski definition) is 6. The molecule has 5 atom stereocenters. The van der Waals surface area contributed by atoms with Crippen LogP contribution in [0.2, 0.25) is 0 Å². The molecule has 2 bridgehead atoms. The summed E-state index contributed by atoms with van der Waals surface area (Å²) in [7, 11) is 0. The van der Waals surface area contributed by atoms with Crippen LogP contribution < -0.4 is 0 Å². The van der Waals surface area contributed by atoms with Gasteiger partial charge in [-0.3, -0.25) is 9.69 Å². The predicted molar refractivity (Wildman–Crippen MR) is 86.9 cm³/mol. The van der Waals surface area contributed by atoms with Crippen molar-refractivity contribution in [1.29, 1.82) is 0 Å². The minimum atomic E-state index is -0.853. The largest absolute Gasteiger partial charge is 0.432 e. The van der Waals surface area contributed by atoms with Crippen LogP contribution in [-0.4, -0.2) is 41.1 Å². The van der Waals surface area contributed by atoms with Crippen LogP contribution >= 0.6 is 0 Å². The van der Waals surface area contributed by atoms with E-state index in [0.29, 0.717) is 12.8 Å². The zero-order valence-electron chi connectivity index (χ0n) is 14.3. The Kier molecular flexibility index (Phi) is 3.47. The molecule has 5 fully saturated rings. The van der Waals surface area contributed by atoms with Crippen molar-refractivity contribution in [2.45, 2.75) is 62.9 Å². The zero-order chi connectivity index (χ0) is 17.1. The van der Waals surface area contributed by atoms with Crippen LogP contribution in [0.1, 0.15) is 38.2 Å². The average Bonchev–Trinajstić information content (AvgIpc) is 2.83. The molecule has 5 aliphatic heterocycles. The third kappa shape index (κ3) is 2.35. The highest BCUT2D eigenvalue weighted by Gasteiger charge is 2.68. The Balaban J connectivity index is 1.52. The third-order valence-electron chi connectivity index (χ3n) is 6.20. The standard InChI is InChI=1S/C19H23NO5/c1-18-9-7-15-19(25-24-18)14(11-16(21)22-17(19)23-18)8-10-20(15)12-13-5-3-2-4-6-13/h2-6,14-15,17H,7-12H2,1H3/t14-,15+,17+,18-,19-/m0/s1. The van der Waals surface area contributed by atoms with E-state index >= 15 is 0 Å². The first-order chi connectivity index (χ1) is 12.1. The molecule has 0 saturated carbocycles. The van der Waals surface area contributed by atoms with Gasteiger partial charge in [0.25, 0.3) is 0 Å². The minimum absolute atomic E-state index is 0.0680. The van der Waals surface area contributed by atoms with Gasteiger partial charge in [-0.15, -0.1) is 0 Å². The Labute approximate surface area is 146 Å². The summed E-state index contributed by atoms with van der Waals surface area (Å²) in [6.07, 6.45) is 2.16. The van der Waals surface area contributed by atoms with E-state index in [1.165, 1.54) is 5.56 Å². The van der Waals surface area contributed by atoms with E-state index in [4.69, 9.17) is 19.2 Å². The van der Waals surface area contributed by atoms with Crippen LogP contribution in [-0.2, 0) is 30.6 Å². The number of esters is 1. The van der Waals surface area contributed by atoms with Crippen molar-refractivity contribution in [3.8, 4) is 0 Å². The summed E-state index contributed by atoms with van der Waals surface area (Å²) in [6, 6.07) is 10.6. The Morgan fingerprint density at radius 3 is 2.88 bits per heavy atom. The first-order valence-electron chi connectivity index (χ1n) is 9.11. The van der Waals surface area contributed by atoms with Crippen LogP contribution in [0.4, 0.5) is 0 Å². The molecular weight excluding hydrogens is 322 g/mol. The van der Waals surface area contributed by atoms with E-state index < -0.39 is 17.7 Å². The number of fused-ring (bicyclic) bond motifs is 2. The van der Waals surface area contributed by atoms with Crippen molar-refractivity contribution in [1.82, 2.24) is 4.90 Å².